The molecule has 1 aromatic carbocycles. The number of fused-ring (bicyclic) bond motifs is 2. The van der Waals surface area contributed by atoms with Gasteiger partial charge in [0.15, 0.2) is 0 Å². The summed E-state index contributed by atoms with van der Waals surface area (Å²) in [5, 5.41) is 2.78. The van der Waals surface area contributed by atoms with Crippen molar-refractivity contribution in [3.63, 3.8) is 0 Å². The van der Waals surface area contributed by atoms with Crippen molar-refractivity contribution in [2.24, 2.45) is 0 Å². The fourth-order valence-corrected chi connectivity index (χ4v) is 4.14. The number of nitrogens with zero attached hydrogens (tertiary/aromatic N) is 3. The van der Waals surface area contributed by atoms with Crippen LogP contribution >= 0.6 is 0 Å². The zero-order chi connectivity index (χ0) is 20.0. The van der Waals surface area contributed by atoms with Gasteiger partial charge in [0, 0.05) is 61.7 Å². The lowest BCUT2D eigenvalue weighted by atomic mass is 10.0. The van der Waals surface area contributed by atoms with Crippen LogP contribution in [-0.2, 0) is 22.6 Å². The van der Waals surface area contributed by atoms with Crippen LogP contribution < -0.4 is 5.32 Å². The van der Waals surface area contributed by atoms with Crippen molar-refractivity contribution >= 4 is 22.9 Å². The number of pyridine rings is 1. The molecule has 0 bridgehead atoms. The van der Waals surface area contributed by atoms with E-state index in [0.717, 1.165) is 56.1 Å². The lowest BCUT2D eigenvalue weighted by Gasteiger charge is -2.32. The molecule has 1 N–H and O–H groups in total. The number of carbonyl (C=O) groups is 1. The molecule has 1 fully saturated rings. The molecular formula is C22H23FN4O2. The average Bonchev–Trinajstić information content (AvgIpc) is 3.26. The van der Waals surface area contributed by atoms with Crippen LogP contribution in [0.1, 0.15) is 22.5 Å². The van der Waals surface area contributed by atoms with E-state index in [1.54, 1.807) is 6.07 Å². The first-order chi connectivity index (χ1) is 14.1. The number of benzene rings is 1. The van der Waals surface area contributed by atoms with E-state index in [1.807, 2.05) is 12.1 Å². The summed E-state index contributed by atoms with van der Waals surface area (Å²) in [5.74, 6) is -0.165. The number of ether oxygens (including phenoxy) is 1. The Labute approximate surface area is 169 Å². The van der Waals surface area contributed by atoms with Gasteiger partial charge in [0.2, 0.25) is 0 Å². The van der Waals surface area contributed by atoms with Gasteiger partial charge in [0.05, 0.1) is 11.3 Å². The lowest BCUT2D eigenvalue weighted by Crippen LogP contribution is -2.45. The Morgan fingerprint density at radius 1 is 1.14 bits per heavy atom. The monoisotopic (exact) mass is 394 g/mol. The van der Waals surface area contributed by atoms with E-state index in [4.69, 9.17) is 9.72 Å². The first-order valence-corrected chi connectivity index (χ1v) is 9.97. The SMILES string of the molecule is CN1CCN(CCc2ccc3c(n2)COC3=C2C(=O)Nc3ccc(F)cc32)CC1. The van der Waals surface area contributed by atoms with Crippen LogP contribution in [0.5, 0.6) is 0 Å². The highest BCUT2D eigenvalue weighted by Gasteiger charge is 2.33. The van der Waals surface area contributed by atoms with E-state index < -0.39 is 0 Å². The van der Waals surface area contributed by atoms with E-state index >= 15 is 0 Å². The smallest absolute Gasteiger partial charge is 0.260 e. The van der Waals surface area contributed by atoms with E-state index in [1.165, 1.54) is 12.1 Å². The highest BCUT2D eigenvalue weighted by Crippen LogP contribution is 2.41. The first-order valence-electron chi connectivity index (χ1n) is 9.97. The van der Waals surface area contributed by atoms with Crippen molar-refractivity contribution in [2.45, 2.75) is 13.0 Å². The van der Waals surface area contributed by atoms with Crippen molar-refractivity contribution in [1.82, 2.24) is 14.8 Å². The number of nitrogens with one attached hydrogen (secondary N) is 1. The Bertz CT molecular complexity index is 1010. The molecule has 0 unspecified atom stereocenters. The predicted molar refractivity (Wildman–Crippen MR) is 109 cm³/mol. The predicted octanol–water partition coefficient (Wildman–Crippen LogP) is 2.36. The second kappa shape index (κ2) is 7.24. The van der Waals surface area contributed by atoms with Crippen LogP contribution in [0, 0.1) is 5.82 Å². The molecule has 0 aliphatic carbocycles. The van der Waals surface area contributed by atoms with Crippen LogP contribution in [0.25, 0.3) is 11.3 Å². The zero-order valence-electron chi connectivity index (χ0n) is 16.4. The largest absolute Gasteiger partial charge is 0.486 e. The quantitative estimate of drug-likeness (QED) is 0.810. The first kappa shape index (κ1) is 18.3. The van der Waals surface area contributed by atoms with Crippen molar-refractivity contribution in [1.29, 1.82) is 0 Å². The summed E-state index contributed by atoms with van der Waals surface area (Å²) in [5.41, 5.74) is 4.20. The Morgan fingerprint density at radius 3 is 2.79 bits per heavy atom. The minimum Gasteiger partial charge on any atom is -0.486 e. The van der Waals surface area contributed by atoms with Crippen molar-refractivity contribution in [2.75, 3.05) is 45.1 Å². The number of halogens is 1. The van der Waals surface area contributed by atoms with Gasteiger partial charge in [-0.05, 0) is 37.4 Å². The number of carbonyl (C=O) groups excluding carboxylic acids is 1. The molecule has 7 heteroatoms. The molecule has 1 saturated heterocycles. The van der Waals surface area contributed by atoms with E-state index in [0.29, 0.717) is 29.2 Å². The fourth-order valence-electron chi connectivity index (χ4n) is 4.14. The standard InChI is InChI=1S/C22H23FN4O2/c1-26-8-10-27(11-9-26)7-6-15-3-4-16-19(24-15)13-29-21(16)20-17-12-14(23)2-5-18(17)25-22(20)28/h2-5,12H,6-11,13H2,1H3,(H,25,28). The van der Waals surface area contributed by atoms with Crippen LogP contribution in [-0.4, -0.2) is 60.5 Å². The normalized spacial score (nSPS) is 21.7. The number of hydrogen-bond acceptors (Lipinski definition) is 5. The summed E-state index contributed by atoms with van der Waals surface area (Å²) < 4.78 is 19.6. The Balaban J connectivity index is 1.38. The summed E-state index contributed by atoms with van der Waals surface area (Å²) in [7, 11) is 2.16. The molecule has 6 nitrogen and oxygen atoms in total. The number of piperazine rings is 1. The Kier molecular flexibility index (Phi) is 4.56. The summed E-state index contributed by atoms with van der Waals surface area (Å²) in [4.78, 5) is 22.1. The van der Waals surface area contributed by atoms with Crippen molar-refractivity contribution in [3.8, 4) is 0 Å². The van der Waals surface area contributed by atoms with E-state index in [2.05, 4.69) is 22.2 Å². The van der Waals surface area contributed by atoms with Gasteiger partial charge in [0.25, 0.3) is 5.91 Å². The van der Waals surface area contributed by atoms with Gasteiger partial charge in [-0.15, -0.1) is 0 Å². The maximum Gasteiger partial charge on any atom is 0.260 e. The molecule has 0 saturated carbocycles. The molecule has 0 atom stereocenters. The van der Waals surface area contributed by atoms with Crippen LogP contribution in [0.3, 0.4) is 0 Å². The molecule has 29 heavy (non-hydrogen) atoms. The van der Waals surface area contributed by atoms with Gasteiger partial charge in [-0.3, -0.25) is 9.78 Å². The molecule has 4 heterocycles. The molecule has 3 aliphatic heterocycles. The Hall–Kier alpha value is -2.77. The summed E-state index contributed by atoms with van der Waals surface area (Å²) in [6, 6.07) is 8.26. The Morgan fingerprint density at radius 2 is 1.97 bits per heavy atom. The second-order valence-corrected chi connectivity index (χ2v) is 7.83. The summed E-state index contributed by atoms with van der Waals surface area (Å²) in [6.45, 7) is 5.70. The maximum absolute atomic E-state index is 13.7. The fraction of sp³-hybridized carbons (Fsp3) is 0.364. The number of aromatic nitrogens is 1. The number of amides is 1. The van der Waals surface area contributed by atoms with Gasteiger partial charge in [-0.1, -0.05) is 0 Å². The van der Waals surface area contributed by atoms with Crippen LogP contribution in [0.4, 0.5) is 10.1 Å². The number of anilines is 1. The maximum atomic E-state index is 13.7. The average molecular weight is 394 g/mol. The van der Waals surface area contributed by atoms with Crippen LogP contribution in [0.2, 0.25) is 0 Å². The molecule has 3 aliphatic rings. The zero-order valence-corrected chi connectivity index (χ0v) is 16.4. The summed E-state index contributed by atoms with van der Waals surface area (Å²) in [6.07, 6.45) is 0.886. The molecule has 0 radical (unpaired) electrons. The highest BCUT2D eigenvalue weighted by molar-refractivity contribution is 6.36. The highest BCUT2D eigenvalue weighted by atomic mass is 19.1. The third kappa shape index (κ3) is 3.41. The van der Waals surface area contributed by atoms with Crippen molar-refractivity contribution in [3.05, 3.63) is 58.7 Å². The van der Waals surface area contributed by atoms with Gasteiger partial charge >= 0.3 is 0 Å². The lowest BCUT2D eigenvalue weighted by molar-refractivity contribution is -0.110. The third-order valence-electron chi connectivity index (χ3n) is 5.86. The van der Waals surface area contributed by atoms with Crippen molar-refractivity contribution < 1.29 is 13.9 Å². The van der Waals surface area contributed by atoms with Gasteiger partial charge in [-0.2, -0.15) is 0 Å². The van der Waals surface area contributed by atoms with Crippen LogP contribution in [0.15, 0.2) is 30.3 Å². The van der Waals surface area contributed by atoms with E-state index in [9.17, 15) is 9.18 Å². The molecular weight excluding hydrogens is 371 g/mol. The minimum absolute atomic E-state index is 0.271. The minimum atomic E-state index is -0.381. The molecule has 2 aromatic rings. The number of hydrogen-bond donors (Lipinski definition) is 1. The van der Waals surface area contributed by atoms with Gasteiger partial charge in [-0.25, -0.2) is 4.39 Å². The third-order valence-corrected chi connectivity index (χ3v) is 5.86. The summed E-state index contributed by atoms with van der Waals surface area (Å²) >= 11 is 0. The molecule has 150 valence electrons. The molecule has 1 amide bonds. The molecule has 0 spiro atoms. The van der Waals surface area contributed by atoms with Gasteiger partial charge in [0.1, 0.15) is 18.2 Å². The molecule has 5 rings (SSSR count). The second-order valence-electron chi connectivity index (χ2n) is 7.83. The van der Waals surface area contributed by atoms with E-state index in [-0.39, 0.29) is 11.7 Å². The van der Waals surface area contributed by atoms with Gasteiger partial charge < -0.3 is 19.9 Å². The molecule has 1 aromatic heterocycles. The number of rotatable bonds is 3. The number of likely N-dealkylation sites (N-methyl/N-ethyl adjacent to an activating group) is 1. The topological polar surface area (TPSA) is 57.7 Å².